The molecule has 0 heterocycles. The van der Waals surface area contributed by atoms with E-state index < -0.39 is 0 Å². The Hall–Kier alpha value is -1.82. The van der Waals surface area contributed by atoms with E-state index in [0.717, 1.165) is 25.7 Å². The van der Waals surface area contributed by atoms with E-state index in [4.69, 9.17) is 0 Å². The van der Waals surface area contributed by atoms with Gasteiger partial charge in [0.05, 0.1) is 0 Å². The summed E-state index contributed by atoms with van der Waals surface area (Å²) in [6.07, 6.45) is 17.7. The molecule has 1 aromatic carbocycles. The van der Waals surface area contributed by atoms with Crippen LogP contribution in [0.5, 0.6) is 0 Å². The van der Waals surface area contributed by atoms with E-state index >= 15 is 0 Å². The molecule has 0 radical (unpaired) electrons. The van der Waals surface area contributed by atoms with Crippen LogP contribution >= 0.6 is 0 Å². The van der Waals surface area contributed by atoms with Crippen LogP contribution in [-0.2, 0) is 12.8 Å². The van der Waals surface area contributed by atoms with Crippen molar-refractivity contribution in [3.8, 4) is 0 Å². The van der Waals surface area contributed by atoms with Crippen LogP contribution < -0.4 is 0 Å². The Kier molecular flexibility index (Phi) is 3.27. The molecule has 3 rings (SSSR count). The molecule has 2 aliphatic rings. The lowest BCUT2D eigenvalue weighted by molar-refractivity contribution is 1.05. The second-order valence-electron chi connectivity index (χ2n) is 5.09. The summed E-state index contributed by atoms with van der Waals surface area (Å²) in [7, 11) is 0. The maximum atomic E-state index is 2.36. The average molecular weight is 234 g/mol. The molecule has 0 saturated carbocycles. The van der Waals surface area contributed by atoms with E-state index in [0.29, 0.717) is 0 Å². The molecule has 0 heteroatoms. The van der Waals surface area contributed by atoms with Gasteiger partial charge in [-0.15, -0.1) is 0 Å². The molecule has 0 bridgehead atoms. The van der Waals surface area contributed by atoms with E-state index in [9.17, 15) is 0 Å². The predicted molar refractivity (Wildman–Crippen MR) is 77.5 cm³/mol. The van der Waals surface area contributed by atoms with Crippen molar-refractivity contribution >= 4 is 0 Å². The summed E-state index contributed by atoms with van der Waals surface area (Å²) in [6.45, 7) is 0. The lowest BCUT2D eigenvalue weighted by atomic mass is 9.98. The van der Waals surface area contributed by atoms with E-state index in [1.807, 2.05) is 0 Å². The molecule has 0 nitrogen and oxygen atoms in total. The third-order valence-electron chi connectivity index (χ3n) is 3.55. The highest BCUT2D eigenvalue weighted by Gasteiger charge is 2.04. The van der Waals surface area contributed by atoms with Gasteiger partial charge in [0.15, 0.2) is 0 Å². The molecule has 0 aromatic heterocycles. The highest BCUT2D eigenvalue weighted by Crippen LogP contribution is 2.20. The number of rotatable bonds is 4. The monoisotopic (exact) mass is 234 g/mol. The van der Waals surface area contributed by atoms with Gasteiger partial charge >= 0.3 is 0 Å². The lowest BCUT2D eigenvalue weighted by Gasteiger charge is -2.07. The van der Waals surface area contributed by atoms with Crippen LogP contribution in [0.3, 0.4) is 0 Å². The molecular weight excluding hydrogens is 216 g/mol. The number of allylic oxidation sites excluding steroid dienone is 8. The van der Waals surface area contributed by atoms with Gasteiger partial charge in [0.1, 0.15) is 0 Å². The maximum absolute atomic E-state index is 2.36. The SMILES string of the molecule is C1=CCC(Cc2cccc(CC3=CC=CC3)c2)=C1. The van der Waals surface area contributed by atoms with E-state index in [-0.39, 0.29) is 0 Å². The minimum Gasteiger partial charge on any atom is -0.0804 e. The van der Waals surface area contributed by atoms with Crippen LogP contribution in [0.2, 0.25) is 0 Å². The smallest absolute Gasteiger partial charge is 0.00608 e. The largest absolute Gasteiger partial charge is 0.0804 e. The van der Waals surface area contributed by atoms with Crippen molar-refractivity contribution in [2.24, 2.45) is 0 Å². The van der Waals surface area contributed by atoms with Gasteiger partial charge in [-0.3, -0.25) is 0 Å². The van der Waals surface area contributed by atoms with Gasteiger partial charge in [0, 0.05) is 0 Å². The second kappa shape index (κ2) is 5.22. The molecule has 0 saturated heterocycles. The molecule has 0 aliphatic heterocycles. The molecule has 18 heavy (non-hydrogen) atoms. The summed E-state index contributed by atoms with van der Waals surface area (Å²) in [4.78, 5) is 0. The Balaban J connectivity index is 1.68. The summed E-state index contributed by atoms with van der Waals surface area (Å²) in [6, 6.07) is 9.03. The van der Waals surface area contributed by atoms with Gasteiger partial charge in [-0.1, -0.05) is 71.9 Å². The first-order valence-corrected chi connectivity index (χ1v) is 6.67. The molecule has 0 fully saturated rings. The van der Waals surface area contributed by atoms with Crippen molar-refractivity contribution in [3.05, 3.63) is 83.0 Å². The molecule has 0 amide bonds. The second-order valence-corrected chi connectivity index (χ2v) is 5.09. The van der Waals surface area contributed by atoms with Crippen molar-refractivity contribution in [1.29, 1.82) is 0 Å². The topological polar surface area (TPSA) is 0 Å². The van der Waals surface area contributed by atoms with Crippen molar-refractivity contribution in [1.82, 2.24) is 0 Å². The minimum absolute atomic E-state index is 1.10. The Morgan fingerprint density at radius 3 is 1.78 bits per heavy atom. The predicted octanol–water partition coefficient (Wildman–Crippen LogP) is 4.54. The van der Waals surface area contributed by atoms with Crippen LogP contribution in [0.25, 0.3) is 0 Å². The third-order valence-corrected chi connectivity index (χ3v) is 3.55. The molecule has 90 valence electrons. The van der Waals surface area contributed by atoms with Crippen LogP contribution in [0.15, 0.2) is 71.9 Å². The first-order valence-electron chi connectivity index (χ1n) is 6.67. The molecular formula is C18H18. The van der Waals surface area contributed by atoms with Crippen LogP contribution in [-0.4, -0.2) is 0 Å². The Morgan fingerprint density at radius 2 is 1.33 bits per heavy atom. The fourth-order valence-electron chi connectivity index (χ4n) is 2.62. The zero-order valence-electron chi connectivity index (χ0n) is 10.6. The van der Waals surface area contributed by atoms with E-state index in [1.165, 1.54) is 22.3 Å². The number of benzene rings is 1. The summed E-state index contributed by atoms with van der Waals surface area (Å²) >= 11 is 0. The molecule has 2 aliphatic carbocycles. The Labute approximate surface area is 109 Å². The van der Waals surface area contributed by atoms with Crippen molar-refractivity contribution in [2.45, 2.75) is 25.7 Å². The maximum Gasteiger partial charge on any atom is -0.00608 e. The first-order chi connectivity index (χ1) is 8.90. The third kappa shape index (κ3) is 2.70. The standard InChI is InChI=1S/C18H18/c1-2-7-15(6-1)12-17-10-5-11-18(14-17)13-16-8-3-4-9-16/h1-6,8,10-11,14H,7,9,12-13H2. The minimum atomic E-state index is 1.10. The molecule has 0 N–H and O–H groups in total. The highest BCUT2D eigenvalue weighted by molar-refractivity contribution is 5.35. The normalized spacial score (nSPS) is 17.1. The van der Waals surface area contributed by atoms with Crippen molar-refractivity contribution < 1.29 is 0 Å². The van der Waals surface area contributed by atoms with Gasteiger partial charge in [-0.05, 0) is 36.8 Å². The quantitative estimate of drug-likeness (QED) is 0.717. The van der Waals surface area contributed by atoms with E-state index in [2.05, 4.69) is 60.7 Å². The highest BCUT2D eigenvalue weighted by atomic mass is 14.1. The zero-order valence-corrected chi connectivity index (χ0v) is 10.6. The van der Waals surface area contributed by atoms with Crippen LogP contribution in [0.1, 0.15) is 24.0 Å². The van der Waals surface area contributed by atoms with Gasteiger partial charge in [-0.25, -0.2) is 0 Å². The van der Waals surface area contributed by atoms with Crippen molar-refractivity contribution in [2.75, 3.05) is 0 Å². The lowest BCUT2D eigenvalue weighted by Crippen LogP contribution is -1.92. The fourth-order valence-corrected chi connectivity index (χ4v) is 2.62. The summed E-state index contributed by atoms with van der Waals surface area (Å²) < 4.78 is 0. The number of hydrogen-bond acceptors (Lipinski definition) is 0. The summed E-state index contributed by atoms with van der Waals surface area (Å²) in [5, 5.41) is 0. The summed E-state index contributed by atoms with van der Waals surface area (Å²) in [5.74, 6) is 0. The van der Waals surface area contributed by atoms with Gasteiger partial charge in [0.25, 0.3) is 0 Å². The number of hydrogen-bond donors (Lipinski definition) is 0. The zero-order chi connectivity index (χ0) is 12.2. The van der Waals surface area contributed by atoms with Gasteiger partial charge in [-0.2, -0.15) is 0 Å². The molecule has 0 spiro atoms. The van der Waals surface area contributed by atoms with Crippen LogP contribution in [0, 0.1) is 0 Å². The molecule has 0 atom stereocenters. The average Bonchev–Trinajstić information content (AvgIpc) is 3.03. The summed E-state index contributed by atoms with van der Waals surface area (Å²) in [5.41, 5.74) is 5.92. The Morgan fingerprint density at radius 1 is 0.778 bits per heavy atom. The van der Waals surface area contributed by atoms with Gasteiger partial charge in [0.2, 0.25) is 0 Å². The van der Waals surface area contributed by atoms with Crippen LogP contribution in [0.4, 0.5) is 0 Å². The van der Waals surface area contributed by atoms with Gasteiger partial charge < -0.3 is 0 Å². The van der Waals surface area contributed by atoms with Crippen molar-refractivity contribution in [3.63, 3.8) is 0 Å². The fraction of sp³-hybridized carbons (Fsp3) is 0.222. The molecule has 1 aromatic rings. The molecule has 0 unspecified atom stereocenters. The first kappa shape index (κ1) is 11.3. The Bertz CT molecular complexity index is 506. The van der Waals surface area contributed by atoms with E-state index in [1.54, 1.807) is 0 Å².